The maximum absolute atomic E-state index is 11.9. The van der Waals surface area contributed by atoms with Crippen molar-refractivity contribution in [1.82, 2.24) is 4.98 Å². The van der Waals surface area contributed by atoms with E-state index < -0.39 is 18.6 Å². The first-order valence-corrected chi connectivity index (χ1v) is 5.98. The molecular weight excluding hydrogens is 275 g/mol. The molecule has 0 aliphatic carbocycles. The summed E-state index contributed by atoms with van der Waals surface area (Å²) in [6.07, 6.45) is -3.24. The van der Waals surface area contributed by atoms with Crippen molar-refractivity contribution in [2.24, 2.45) is 0 Å². The van der Waals surface area contributed by atoms with Crippen LogP contribution in [0.2, 0.25) is 0 Å². The number of nitrogen functional groups attached to an aromatic ring is 1. The summed E-state index contributed by atoms with van der Waals surface area (Å²) in [5.74, 6) is -0.329. The highest BCUT2D eigenvalue weighted by atomic mass is 19.4. The lowest BCUT2D eigenvalue weighted by Crippen LogP contribution is -2.12. The van der Waals surface area contributed by atoms with E-state index in [4.69, 9.17) is 5.73 Å². The van der Waals surface area contributed by atoms with Gasteiger partial charge < -0.3 is 15.8 Å². The molecule has 0 spiro atoms. The van der Waals surface area contributed by atoms with Crippen LogP contribution in [-0.4, -0.2) is 30.8 Å². The van der Waals surface area contributed by atoms with E-state index in [2.05, 4.69) is 15.0 Å². The number of nitrogens with two attached hydrogens (primary N) is 1. The van der Waals surface area contributed by atoms with Crippen molar-refractivity contribution in [3.8, 4) is 0 Å². The summed E-state index contributed by atoms with van der Waals surface area (Å²) in [5.41, 5.74) is 6.03. The number of alkyl halides is 3. The average Bonchev–Trinajstić information content (AvgIpc) is 2.38. The van der Waals surface area contributed by atoms with Crippen molar-refractivity contribution in [2.75, 3.05) is 24.7 Å². The molecule has 5 nitrogen and oxygen atoms in total. The molecule has 0 aromatic carbocycles. The van der Waals surface area contributed by atoms with Gasteiger partial charge in [0.1, 0.15) is 5.82 Å². The van der Waals surface area contributed by atoms with E-state index in [1.54, 1.807) is 0 Å². The van der Waals surface area contributed by atoms with Crippen LogP contribution in [0.3, 0.4) is 0 Å². The normalized spacial score (nSPS) is 11.2. The molecule has 1 aromatic heterocycles. The molecule has 0 saturated carbocycles. The van der Waals surface area contributed by atoms with Gasteiger partial charge in [0.25, 0.3) is 0 Å². The lowest BCUT2D eigenvalue weighted by molar-refractivity contribution is -0.135. The number of halogens is 3. The number of anilines is 2. The number of esters is 1. The van der Waals surface area contributed by atoms with Gasteiger partial charge in [-0.1, -0.05) is 0 Å². The minimum atomic E-state index is -4.14. The fourth-order valence-corrected chi connectivity index (χ4v) is 1.56. The van der Waals surface area contributed by atoms with E-state index in [9.17, 15) is 18.0 Å². The van der Waals surface area contributed by atoms with Crippen LogP contribution < -0.4 is 11.1 Å². The van der Waals surface area contributed by atoms with Crippen molar-refractivity contribution >= 4 is 17.5 Å². The second-order valence-corrected chi connectivity index (χ2v) is 4.11. The van der Waals surface area contributed by atoms with Gasteiger partial charge in [-0.15, -0.1) is 0 Å². The second kappa shape index (κ2) is 6.97. The first kappa shape index (κ1) is 16.1. The molecule has 112 valence electrons. The molecule has 0 saturated heterocycles. The SMILES string of the molecule is COC(=O)c1ccnc(NCCCCC(F)(F)F)c1N. The molecule has 8 heteroatoms. The number of methoxy groups -OCH3 is 1. The summed E-state index contributed by atoms with van der Waals surface area (Å²) >= 11 is 0. The summed E-state index contributed by atoms with van der Waals surface area (Å²) in [5, 5.41) is 2.81. The molecule has 1 aromatic rings. The molecule has 20 heavy (non-hydrogen) atoms. The molecule has 1 rings (SSSR count). The average molecular weight is 291 g/mol. The van der Waals surface area contributed by atoms with Crippen LogP contribution in [0.25, 0.3) is 0 Å². The van der Waals surface area contributed by atoms with Crippen LogP contribution >= 0.6 is 0 Å². The lowest BCUT2D eigenvalue weighted by atomic mass is 10.2. The van der Waals surface area contributed by atoms with E-state index in [1.807, 2.05) is 0 Å². The van der Waals surface area contributed by atoms with Crippen LogP contribution in [0.4, 0.5) is 24.7 Å². The number of hydrogen-bond acceptors (Lipinski definition) is 5. The Balaban J connectivity index is 2.51. The maximum Gasteiger partial charge on any atom is 0.389 e. The van der Waals surface area contributed by atoms with Crippen molar-refractivity contribution < 1.29 is 22.7 Å². The Morgan fingerprint density at radius 2 is 2.15 bits per heavy atom. The number of aromatic nitrogens is 1. The lowest BCUT2D eigenvalue weighted by Gasteiger charge is -2.11. The number of nitrogens with zero attached hydrogens (tertiary/aromatic N) is 1. The van der Waals surface area contributed by atoms with Gasteiger partial charge in [0, 0.05) is 19.2 Å². The van der Waals surface area contributed by atoms with Crippen LogP contribution in [0.15, 0.2) is 12.3 Å². The Kier molecular flexibility index (Phi) is 5.60. The predicted molar refractivity (Wildman–Crippen MR) is 68.4 cm³/mol. The standard InChI is InChI=1S/C12H16F3N3O2/c1-20-11(19)8-4-7-18-10(9(8)16)17-6-3-2-5-12(13,14)15/h4,7H,2-3,5-6,16H2,1H3,(H,17,18). The van der Waals surface area contributed by atoms with Crippen LogP contribution in [0, 0.1) is 0 Å². The Morgan fingerprint density at radius 3 is 2.75 bits per heavy atom. The number of unbranched alkanes of at least 4 members (excludes halogenated alkanes) is 1. The highest BCUT2D eigenvalue weighted by Crippen LogP contribution is 2.23. The van der Waals surface area contributed by atoms with Crippen molar-refractivity contribution in [3.63, 3.8) is 0 Å². The van der Waals surface area contributed by atoms with E-state index in [0.717, 1.165) is 0 Å². The highest BCUT2D eigenvalue weighted by Gasteiger charge is 2.25. The third-order valence-corrected chi connectivity index (χ3v) is 2.57. The Morgan fingerprint density at radius 1 is 1.45 bits per heavy atom. The Hall–Kier alpha value is -1.99. The first-order chi connectivity index (χ1) is 9.35. The van der Waals surface area contributed by atoms with Gasteiger partial charge in [-0.2, -0.15) is 13.2 Å². The zero-order chi connectivity index (χ0) is 15.2. The number of ether oxygens (including phenoxy) is 1. The van der Waals surface area contributed by atoms with Gasteiger partial charge in [-0.05, 0) is 18.9 Å². The number of nitrogens with one attached hydrogen (secondary N) is 1. The summed E-state index contributed by atoms with van der Waals surface area (Å²) in [7, 11) is 1.23. The van der Waals surface area contributed by atoms with Crippen LogP contribution in [0.5, 0.6) is 0 Å². The molecule has 3 N–H and O–H groups in total. The fraction of sp³-hybridized carbons (Fsp3) is 0.500. The summed E-state index contributed by atoms with van der Waals surface area (Å²) in [6.45, 7) is 0.290. The largest absolute Gasteiger partial charge is 0.465 e. The van der Waals surface area contributed by atoms with Gasteiger partial charge >= 0.3 is 12.1 Å². The van der Waals surface area contributed by atoms with Gasteiger partial charge in [0.05, 0.1) is 18.4 Å². The molecule has 0 fully saturated rings. The zero-order valence-corrected chi connectivity index (χ0v) is 11.0. The van der Waals surface area contributed by atoms with E-state index in [0.29, 0.717) is 6.42 Å². The summed E-state index contributed by atoms with van der Waals surface area (Å²) < 4.78 is 40.4. The molecule has 0 aliphatic heterocycles. The fourth-order valence-electron chi connectivity index (χ4n) is 1.56. The summed E-state index contributed by atoms with van der Waals surface area (Å²) in [4.78, 5) is 15.3. The smallest absolute Gasteiger partial charge is 0.389 e. The number of carbonyl (C=O) groups excluding carboxylic acids is 1. The minimum absolute atomic E-state index is 0.0209. The zero-order valence-electron chi connectivity index (χ0n) is 11.0. The maximum atomic E-state index is 11.9. The molecule has 0 radical (unpaired) electrons. The first-order valence-electron chi connectivity index (χ1n) is 5.98. The molecule has 0 atom stereocenters. The Bertz CT molecular complexity index is 464. The molecular formula is C12H16F3N3O2. The van der Waals surface area contributed by atoms with Crippen LogP contribution in [-0.2, 0) is 4.74 Å². The van der Waals surface area contributed by atoms with E-state index >= 15 is 0 Å². The minimum Gasteiger partial charge on any atom is -0.465 e. The van der Waals surface area contributed by atoms with Gasteiger partial charge in [-0.25, -0.2) is 9.78 Å². The number of rotatable bonds is 6. The molecule has 0 unspecified atom stereocenters. The third kappa shape index (κ3) is 4.94. The van der Waals surface area contributed by atoms with E-state index in [-0.39, 0.29) is 30.0 Å². The Labute approximate surface area is 114 Å². The molecule has 0 aliphatic rings. The van der Waals surface area contributed by atoms with Gasteiger partial charge in [0.15, 0.2) is 0 Å². The second-order valence-electron chi connectivity index (χ2n) is 4.11. The van der Waals surface area contributed by atoms with Gasteiger partial charge in [-0.3, -0.25) is 0 Å². The predicted octanol–water partition coefficient (Wildman–Crippen LogP) is 2.59. The van der Waals surface area contributed by atoms with Crippen molar-refractivity contribution in [3.05, 3.63) is 17.8 Å². The third-order valence-electron chi connectivity index (χ3n) is 2.57. The molecule has 0 amide bonds. The number of hydrogen-bond donors (Lipinski definition) is 2. The van der Waals surface area contributed by atoms with Crippen LogP contribution in [0.1, 0.15) is 29.6 Å². The topological polar surface area (TPSA) is 77.2 Å². The number of carbonyl (C=O) groups is 1. The van der Waals surface area contributed by atoms with Crippen molar-refractivity contribution in [2.45, 2.75) is 25.4 Å². The molecule has 0 bridgehead atoms. The summed E-state index contributed by atoms with van der Waals surface area (Å²) in [6, 6.07) is 1.41. The van der Waals surface area contributed by atoms with Gasteiger partial charge in [0.2, 0.25) is 0 Å². The molecule has 1 heterocycles. The van der Waals surface area contributed by atoms with Crippen molar-refractivity contribution in [1.29, 1.82) is 0 Å². The highest BCUT2D eigenvalue weighted by molar-refractivity contribution is 5.97. The van der Waals surface area contributed by atoms with E-state index in [1.165, 1.54) is 19.4 Å². The number of pyridine rings is 1. The monoisotopic (exact) mass is 291 g/mol. The quantitative estimate of drug-likeness (QED) is 0.622.